The molecule has 0 spiro atoms. The van der Waals surface area contributed by atoms with Crippen LogP contribution < -0.4 is 33.6 Å². The summed E-state index contributed by atoms with van der Waals surface area (Å²) >= 11 is 0. The molecule has 0 bridgehead atoms. The zero-order valence-corrected chi connectivity index (χ0v) is 12.7. The van der Waals surface area contributed by atoms with E-state index in [0.29, 0.717) is 0 Å². The van der Waals surface area contributed by atoms with Crippen LogP contribution >= 0.6 is 0 Å². The number of likely N-dealkylation sites (N-methyl/N-ethyl adjacent to an activating group) is 1. The molecule has 10 N–H and O–H groups in total. The number of amides is 4. The lowest BCUT2D eigenvalue weighted by atomic mass is 10.1. The summed E-state index contributed by atoms with van der Waals surface area (Å²) in [5.74, 6) is -1.01. The van der Waals surface area contributed by atoms with E-state index in [2.05, 4.69) is 20.6 Å². The molecule has 2 atom stereocenters. The maximum Gasteiger partial charge on any atom is 0.318 e. The van der Waals surface area contributed by atoms with Crippen LogP contribution in [0.25, 0.3) is 0 Å². The van der Waals surface area contributed by atoms with Gasteiger partial charge in [-0.2, -0.15) is 0 Å². The minimum atomic E-state index is -0.849. The van der Waals surface area contributed by atoms with Gasteiger partial charge in [-0.05, 0) is 0 Å². The minimum Gasteiger partial charge on any atom is -0.370 e. The number of hydrogen-bond donors (Lipinski definition) is 6. The van der Waals surface area contributed by atoms with Crippen LogP contribution in [0.15, 0.2) is 9.98 Å². The third-order valence-corrected chi connectivity index (χ3v) is 3.01. The lowest BCUT2D eigenvalue weighted by Crippen LogP contribution is -2.58. The molecule has 4 amide bonds. The number of guanidine groups is 2. The number of primary amides is 1. The summed E-state index contributed by atoms with van der Waals surface area (Å²) in [6.45, 7) is 0.0937. The van der Waals surface area contributed by atoms with Crippen LogP contribution in [0.2, 0.25) is 0 Å². The van der Waals surface area contributed by atoms with Crippen LogP contribution in [-0.4, -0.2) is 66.9 Å². The molecule has 23 heavy (non-hydrogen) atoms. The number of urea groups is 1. The normalized spacial score (nSPS) is 18.3. The highest BCUT2D eigenvalue weighted by Crippen LogP contribution is 2.06. The van der Waals surface area contributed by atoms with E-state index in [4.69, 9.17) is 22.9 Å². The molecule has 0 aromatic rings. The van der Waals surface area contributed by atoms with Crippen LogP contribution in [0.4, 0.5) is 4.79 Å². The zero-order valence-electron chi connectivity index (χ0n) is 12.7. The van der Waals surface area contributed by atoms with Crippen molar-refractivity contribution in [1.29, 1.82) is 0 Å². The van der Waals surface area contributed by atoms with Crippen LogP contribution in [0, 0.1) is 0 Å². The first-order chi connectivity index (χ1) is 10.7. The molecule has 0 aromatic carbocycles. The van der Waals surface area contributed by atoms with Crippen molar-refractivity contribution in [3.63, 3.8) is 0 Å². The molecule has 0 saturated heterocycles. The molecule has 0 radical (unpaired) electrons. The predicted octanol–water partition coefficient (Wildman–Crippen LogP) is -4.04. The van der Waals surface area contributed by atoms with Crippen molar-refractivity contribution in [1.82, 2.24) is 15.5 Å². The highest BCUT2D eigenvalue weighted by molar-refractivity contribution is 6.07. The first-order valence-electron chi connectivity index (χ1n) is 6.69. The second-order valence-corrected chi connectivity index (χ2v) is 4.92. The van der Waals surface area contributed by atoms with Gasteiger partial charge in [-0.1, -0.05) is 0 Å². The molecule has 1 aliphatic rings. The summed E-state index contributed by atoms with van der Waals surface area (Å²) < 4.78 is 0. The van der Waals surface area contributed by atoms with E-state index in [9.17, 15) is 14.4 Å². The summed E-state index contributed by atoms with van der Waals surface area (Å²) in [5.41, 5.74) is 21.0. The van der Waals surface area contributed by atoms with Gasteiger partial charge in [0.25, 0.3) is 5.91 Å². The summed E-state index contributed by atoms with van der Waals surface area (Å²) in [5, 5.41) is 4.50. The highest BCUT2D eigenvalue weighted by atomic mass is 16.2. The third-order valence-electron chi connectivity index (χ3n) is 3.01. The molecule has 1 rings (SSSR count). The number of aliphatic imine (C=N–C) groups is 2. The molecule has 12 heteroatoms. The summed E-state index contributed by atoms with van der Waals surface area (Å²) in [4.78, 5) is 43.7. The molecule has 1 heterocycles. The lowest BCUT2D eigenvalue weighted by Gasteiger charge is -2.29. The standard InChI is InChI=1S/C11H21N9O3/c1-20(7(21)2-5(12)3-16-9(13)14)6-4-17-11(18-8(6)22)19-10(15)23/h5-6H,2-4,12H2,1H3,(H4,13,14,16)(H4,15,17,18,19,22,23)/t5-,6?/m1/s1. The average Bonchev–Trinajstić information content (AvgIpc) is 2.43. The molecule has 1 unspecified atom stereocenters. The van der Waals surface area contributed by atoms with Crippen molar-refractivity contribution in [2.75, 3.05) is 20.1 Å². The molecule has 0 saturated carbocycles. The third kappa shape index (κ3) is 5.78. The number of nitrogens with one attached hydrogen (secondary N) is 2. The van der Waals surface area contributed by atoms with Gasteiger partial charge in [0.1, 0.15) is 6.04 Å². The fourth-order valence-electron chi connectivity index (χ4n) is 1.82. The quantitative estimate of drug-likeness (QED) is 0.218. The van der Waals surface area contributed by atoms with Crippen molar-refractivity contribution in [3.05, 3.63) is 0 Å². The van der Waals surface area contributed by atoms with E-state index in [1.165, 1.54) is 11.9 Å². The van der Waals surface area contributed by atoms with Crippen molar-refractivity contribution in [2.24, 2.45) is 32.9 Å². The molecule has 1 aliphatic heterocycles. The Morgan fingerprint density at radius 1 is 1.48 bits per heavy atom. The van der Waals surface area contributed by atoms with Gasteiger partial charge in [0.15, 0.2) is 5.96 Å². The number of carbonyl (C=O) groups excluding carboxylic acids is 3. The summed E-state index contributed by atoms with van der Waals surface area (Å²) in [6.07, 6.45) is -0.0346. The Bertz CT molecular complexity index is 541. The van der Waals surface area contributed by atoms with Gasteiger partial charge in [-0.25, -0.2) is 9.79 Å². The number of hydrogen-bond acceptors (Lipinski definition) is 6. The number of nitrogens with two attached hydrogens (primary N) is 4. The van der Waals surface area contributed by atoms with Gasteiger partial charge < -0.3 is 27.8 Å². The highest BCUT2D eigenvalue weighted by Gasteiger charge is 2.31. The minimum absolute atomic E-state index is 0.00712. The average molecular weight is 327 g/mol. The van der Waals surface area contributed by atoms with Crippen LogP contribution in [0.5, 0.6) is 0 Å². The zero-order chi connectivity index (χ0) is 17.6. The van der Waals surface area contributed by atoms with Gasteiger partial charge in [-0.15, -0.1) is 0 Å². The summed E-state index contributed by atoms with van der Waals surface area (Å²) in [6, 6.07) is -2.23. The van der Waals surface area contributed by atoms with E-state index in [0.717, 1.165) is 0 Å². The second kappa shape index (κ2) is 7.93. The Balaban J connectivity index is 2.60. The Morgan fingerprint density at radius 3 is 2.65 bits per heavy atom. The fourth-order valence-corrected chi connectivity index (χ4v) is 1.82. The predicted molar refractivity (Wildman–Crippen MR) is 83.0 cm³/mol. The Kier molecular flexibility index (Phi) is 6.26. The molecular weight excluding hydrogens is 306 g/mol. The molecule has 0 aliphatic carbocycles. The number of nitrogens with zero attached hydrogens (tertiary/aromatic N) is 3. The van der Waals surface area contributed by atoms with Gasteiger partial charge in [-0.3, -0.25) is 25.2 Å². The molecule has 0 aromatic heterocycles. The molecule has 12 nitrogen and oxygen atoms in total. The van der Waals surface area contributed by atoms with E-state index in [1.807, 2.05) is 0 Å². The molecule has 128 valence electrons. The van der Waals surface area contributed by atoms with E-state index in [1.54, 1.807) is 0 Å². The van der Waals surface area contributed by atoms with Crippen molar-refractivity contribution >= 4 is 29.8 Å². The maximum atomic E-state index is 12.1. The Labute approximate surface area is 132 Å². The van der Waals surface area contributed by atoms with Gasteiger partial charge in [0.05, 0.1) is 13.1 Å². The SMILES string of the molecule is CN(C(=O)C[C@@H](N)CN=C(N)N)C1CN=C(NC(N)=O)NC1=O. The van der Waals surface area contributed by atoms with Crippen LogP contribution in [0.3, 0.4) is 0 Å². The van der Waals surface area contributed by atoms with Crippen molar-refractivity contribution in [3.8, 4) is 0 Å². The summed E-state index contributed by atoms with van der Waals surface area (Å²) in [7, 11) is 1.46. The molecule has 0 fully saturated rings. The van der Waals surface area contributed by atoms with Crippen LogP contribution in [0.1, 0.15) is 6.42 Å². The first-order valence-corrected chi connectivity index (χ1v) is 6.69. The molecular formula is C11H21N9O3. The Morgan fingerprint density at radius 2 is 2.13 bits per heavy atom. The monoisotopic (exact) mass is 327 g/mol. The lowest BCUT2D eigenvalue weighted by molar-refractivity contribution is -0.138. The first kappa shape index (κ1) is 18.2. The van der Waals surface area contributed by atoms with Gasteiger partial charge >= 0.3 is 6.03 Å². The second-order valence-electron chi connectivity index (χ2n) is 4.92. The maximum absolute atomic E-state index is 12.1. The Hall–Kier alpha value is -2.89. The van der Waals surface area contributed by atoms with E-state index >= 15 is 0 Å². The largest absolute Gasteiger partial charge is 0.370 e. The number of carbonyl (C=O) groups is 3. The van der Waals surface area contributed by atoms with Gasteiger partial charge in [0, 0.05) is 19.5 Å². The number of rotatable bonds is 5. The van der Waals surface area contributed by atoms with Gasteiger partial charge in [0.2, 0.25) is 11.9 Å². The van der Waals surface area contributed by atoms with Crippen molar-refractivity contribution in [2.45, 2.75) is 18.5 Å². The van der Waals surface area contributed by atoms with Crippen LogP contribution in [-0.2, 0) is 9.59 Å². The van der Waals surface area contributed by atoms with E-state index in [-0.39, 0.29) is 37.3 Å². The fraction of sp³-hybridized carbons (Fsp3) is 0.545. The smallest absolute Gasteiger partial charge is 0.318 e. The van der Waals surface area contributed by atoms with E-state index < -0.39 is 24.0 Å². The van der Waals surface area contributed by atoms with Crippen molar-refractivity contribution < 1.29 is 14.4 Å². The topological polar surface area (TPSA) is 207 Å².